The molecule has 1 atom stereocenters. The van der Waals surface area contributed by atoms with Gasteiger partial charge in [0, 0.05) is 31.9 Å². The zero-order chi connectivity index (χ0) is 17.2. The molecule has 4 N–H and O–H groups in total. The van der Waals surface area contributed by atoms with Crippen LogP contribution in [0.5, 0.6) is 0 Å². The number of amides is 2. The molecule has 23 heavy (non-hydrogen) atoms. The monoisotopic (exact) mass is 323 g/mol. The molecule has 128 valence electrons. The van der Waals surface area contributed by atoms with Crippen LogP contribution in [0.1, 0.15) is 25.5 Å². The van der Waals surface area contributed by atoms with Crippen LogP contribution >= 0.6 is 0 Å². The van der Waals surface area contributed by atoms with Crippen molar-refractivity contribution in [3.63, 3.8) is 0 Å². The lowest BCUT2D eigenvalue weighted by atomic mass is 10.1. The minimum absolute atomic E-state index is 0.111. The summed E-state index contributed by atoms with van der Waals surface area (Å²) in [6, 6.07) is 6.66. The quantitative estimate of drug-likeness (QED) is 0.410. The zero-order valence-electron chi connectivity index (χ0n) is 13.8. The number of hydrogen-bond donors (Lipinski definition) is 4. The first kappa shape index (κ1) is 19.1. The average Bonchev–Trinajstić information content (AvgIpc) is 2.51. The first-order valence-electron chi connectivity index (χ1n) is 7.53. The van der Waals surface area contributed by atoms with E-state index in [1.54, 1.807) is 45.2 Å². The number of carbonyl (C=O) groups is 2. The van der Waals surface area contributed by atoms with Gasteiger partial charge in [-0.1, -0.05) is 12.1 Å². The smallest absolute Gasteiger partial charge is 0.313 e. The molecule has 0 aliphatic carbocycles. The highest BCUT2D eigenvalue weighted by molar-refractivity contribution is 6.39. The molecule has 0 radical (unpaired) electrons. The van der Waals surface area contributed by atoms with Gasteiger partial charge in [-0.2, -0.15) is 0 Å². The SMILES string of the molecule is COCCNC[C@H](O)c1cccc(NC(=O)C(=O)NC(C)C)c1. The minimum Gasteiger partial charge on any atom is -0.387 e. The maximum Gasteiger partial charge on any atom is 0.313 e. The highest BCUT2D eigenvalue weighted by Gasteiger charge is 2.15. The molecular formula is C16H25N3O4. The van der Waals surface area contributed by atoms with Gasteiger partial charge in [0.2, 0.25) is 0 Å². The number of hydrogen-bond acceptors (Lipinski definition) is 5. The van der Waals surface area contributed by atoms with Crippen molar-refractivity contribution in [3.8, 4) is 0 Å². The second kappa shape index (κ2) is 9.94. The van der Waals surface area contributed by atoms with E-state index in [4.69, 9.17) is 4.74 Å². The van der Waals surface area contributed by atoms with Crippen molar-refractivity contribution in [3.05, 3.63) is 29.8 Å². The Hall–Kier alpha value is -1.96. The third-order valence-corrected chi connectivity index (χ3v) is 2.98. The lowest BCUT2D eigenvalue weighted by Crippen LogP contribution is -2.39. The zero-order valence-corrected chi connectivity index (χ0v) is 13.8. The fourth-order valence-electron chi connectivity index (χ4n) is 1.87. The lowest BCUT2D eigenvalue weighted by molar-refractivity contribution is -0.136. The molecule has 7 nitrogen and oxygen atoms in total. The lowest BCUT2D eigenvalue weighted by Gasteiger charge is -2.14. The van der Waals surface area contributed by atoms with Crippen LogP contribution in [-0.2, 0) is 14.3 Å². The summed E-state index contributed by atoms with van der Waals surface area (Å²) in [4.78, 5) is 23.3. The Balaban J connectivity index is 2.58. The van der Waals surface area contributed by atoms with E-state index >= 15 is 0 Å². The van der Waals surface area contributed by atoms with Crippen LogP contribution < -0.4 is 16.0 Å². The minimum atomic E-state index is -0.733. The molecule has 0 saturated carbocycles. The van der Waals surface area contributed by atoms with Crippen LogP contribution in [0.2, 0.25) is 0 Å². The predicted octanol–water partition coefficient (Wildman–Crippen LogP) is 0.419. The highest BCUT2D eigenvalue weighted by Crippen LogP contribution is 2.17. The van der Waals surface area contributed by atoms with Crippen molar-refractivity contribution in [2.75, 3.05) is 32.1 Å². The first-order chi connectivity index (χ1) is 10.9. The molecule has 0 aliphatic rings. The molecule has 0 aliphatic heterocycles. The van der Waals surface area contributed by atoms with Gasteiger partial charge in [-0.25, -0.2) is 0 Å². The van der Waals surface area contributed by atoms with Crippen LogP contribution in [0, 0.1) is 0 Å². The molecule has 0 heterocycles. The van der Waals surface area contributed by atoms with E-state index in [2.05, 4.69) is 16.0 Å². The standard InChI is InChI=1S/C16H25N3O4/c1-11(2)18-15(21)16(22)19-13-6-4-5-12(9-13)14(20)10-17-7-8-23-3/h4-6,9,11,14,17,20H,7-8,10H2,1-3H3,(H,18,21)(H,19,22)/t14-/m0/s1. The number of nitrogens with one attached hydrogen (secondary N) is 3. The fourth-order valence-corrected chi connectivity index (χ4v) is 1.87. The fraction of sp³-hybridized carbons (Fsp3) is 0.500. The van der Waals surface area contributed by atoms with E-state index in [0.29, 0.717) is 30.9 Å². The molecule has 0 fully saturated rings. The van der Waals surface area contributed by atoms with E-state index in [0.717, 1.165) is 0 Å². The number of anilines is 1. The Bertz CT molecular complexity index is 520. The summed E-state index contributed by atoms with van der Waals surface area (Å²) in [7, 11) is 1.61. The maximum atomic E-state index is 11.8. The third kappa shape index (κ3) is 7.23. The molecular weight excluding hydrogens is 298 g/mol. The second-order valence-corrected chi connectivity index (χ2v) is 5.42. The summed E-state index contributed by atoms with van der Waals surface area (Å²) >= 11 is 0. The van der Waals surface area contributed by atoms with Gasteiger partial charge in [0.1, 0.15) is 0 Å². The largest absolute Gasteiger partial charge is 0.387 e. The highest BCUT2D eigenvalue weighted by atomic mass is 16.5. The summed E-state index contributed by atoms with van der Waals surface area (Å²) in [5.74, 6) is -1.42. The molecule has 7 heteroatoms. The topological polar surface area (TPSA) is 99.7 Å². The molecule has 0 bridgehead atoms. The second-order valence-electron chi connectivity index (χ2n) is 5.42. The Morgan fingerprint density at radius 1 is 1.26 bits per heavy atom. The average molecular weight is 323 g/mol. The third-order valence-electron chi connectivity index (χ3n) is 2.98. The summed E-state index contributed by atoms with van der Waals surface area (Å²) in [6.45, 7) is 5.12. The molecule has 1 aromatic rings. The van der Waals surface area contributed by atoms with Crippen molar-refractivity contribution >= 4 is 17.5 Å². The summed E-state index contributed by atoms with van der Waals surface area (Å²) in [5, 5.41) is 18.2. The Labute approximate surface area is 136 Å². The van der Waals surface area contributed by atoms with Crippen molar-refractivity contribution in [2.24, 2.45) is 0 Å². The number of aliphatic hydroxyl groups excluding tert-OH is 1. The van der Waals surface area contributed by atoms with Gasteiger partial charge < -0.3 is 25.8 Å². The summed E-state index contributed by atoms with van der Waals surface area (Å²) in [5.41, 5.74) is 1.11. The number of methoxy groups -OCH3 is 1. The van der Waals surface area contributed by atoms with Gasteiger partial charge in [0.15, 0.2) is 0 Å². The van der Waals surface area contributed by atoms with E-state index in [-0.39, 0.29) is 6.04 Å². The van der Waals surface area contributed by atoms with Crippen LogP contribution in [0.25, 0.3) is 0 Å². The maximum absolute atomic E-state index is 11.8. The van der Waals surface area contributed by atoms with Crippen molar-refractivity contribution in [2.45, 2.75) is 26.0 Å². The number of rotatable bonds is 8. The molecule has 2 amide bonds. The number of benzene rings is 1. The molecule has 1 aromatic carbocycles. The van der Waals surface area contributed by atoms with Gasteiger partial charge in [-0.15, -0.1) is 0 Å². The van der Waals surface area contributed by atoms with Gasteiger partial charge in [0.25, 0.3) is 0 Å². The summed E-state index contributed by atoms with van der Waals surface area (Å²) < 4.78 is 4.91. The van der Waals surface area contributed by atoms with E-state index in [9.17, 15) is 14.7 Å². The van der Waals surface area contributed by atoms with Gasteiger partial charge in [-0.05, 0) is 31.5 Å². The first-order valence-corrected chi connectivity index (χ1v) is 7.53. The van der Waals surface area contributed by atoms with Gasteiger partial charge >= 0.3 is 11.8 Å². The molecule has 0 spiro atoms. The van der Waals surface area contributed by atoms with E-state index in [1.165, 1.54) is 0 Å². The molecule has 0 saturated heterocycles. The predicted molar refractivity (Wildman–Crippen MR) is 88.1 cm³/mol. The van der Waals surface area contributed by atoms with E-state index < -0.39 is 17.9 Å². The molecule has 0 aromatic heterocycles. The number of ether oxygens (including phenoxy) is 1. The van der Waals surface area contributed by atoms with Crippen LogP contribution in [0.3, 0.4) is 0 Å². The number of carbonyl (C=O) groups excluding carboxylic acids is 2. The van der Waals surface area contributed by atoms with E-state index in [1.807, 2.05) is 0 Å². The number of aliphatic hydroxyl groups is 1. The van der Waals surface area contributed by atoms with Gasteiger partial charge in [-0.3, -0.25) is 9.59 Å². The Morgan fingerprint density at radius 3 is 2.65 bits per heavy atom. The molecule has 0 unspecified atom stereocenters. The van der Waals surface area contributed by atoms with Crippen molar-refractivity contribution in [1.29, 1.82) is 0 Å². The summed E-state index contributed by atoms with van der Waals surface area (Å²) in [6.07, 6.45) is -0.715. The Kier molecular flexibility index (Phi) is 8.25. The van der Waals surface area contributed by atoms with Crippen molar-refractivity contribution in [1.82, 2.24) is 10.6 Å². The van der Waals surface area contributed by atoms with Crippen LogP contribution in [-0.4, -0.2) is 49.8 Å². The Morgan fingerprint density at radius 2 is 2.00 bits per heavy atom. The van der Waals surface area contributed by atoms with Crippen LogP contribution in [0.15, 0.2) is 24.3 Å². The van der Waals surface area contributed by atoms with Crippen LogP contribution in [0.4, 0.5) is 5.69 Å². The molecule has 1 rings (SSSR count). The normalized spacial score (nSPS) is 12.0. The van der Waals surface area contributed by atoms with Gasteiger partial charge in [0.05, 0.1) is 12.7 Å². The van der Waals surface area contributed by atoms with Crippen molar-refractivity contribution < 1.29 is 19.4 Å².